The van der Waals surface area contributed by atoms with Crippen molar-refractivity contribution in [1.82, 2.24) is 10.6 Å². The third-order valence-electron chi connectivity index (χ3n) is 3.45. The van der Waals surface area contributed by atoms with Crippen molar-refractivity contribution >= 4 is 33.4 Å². The van der Waals surface area contributed by atoms with Gasteiger partial charge in [-0.3, -0.25) is 9.59 Å². The second-order valence-corrected chi connectivity index (χ2v) is 6.38. The summed E-state index contributed by atoms with van der Waals surface area (Å²) < 4.78 is 0.923. The lowest BCUT2D eigenvalue weighted by molar-refractivity contribution is 0.0927. The number of nitrogens with one attached hydrogen (secondary N) is 2. The number of rotatable bonds is 6. The minimum absolute atomic E-state index is 0.154. The summed E-state index contributed by atoms with van der Waals surface area (Å²) in [5, 5.41) is 5.56. The van der Waals surface area contributed by atoms with Crippen LogP contribution in [0.4, 0.5) is 5.69 Å². The van der Waals surface area contributed by atoms with Crippen LogP contribution in [-0.4, -0.2) is 39.0 Å². The van der Waals surface area contributed by atoms with Crippen molar-refractivity contribution in [2.75, 3.05) is 32.1 Å². The van der Waals surface area contributed by atoms with Crippen molar-refractivity contribution in [3.8, 4) is 0 Å². The molecule has 0 unspecified atom stereocenters. The Morgan fingerprint density at radius 2 is 1.25 bits per heavy atom. The number of anilines is 1. The zero-order valence-electron chi connectivity index (χ0n) is 13.7. The Hall–Kier alpha value is -2.34. The molecular formula is C18H20BrN3O2. The molecule has 2 N–H and O–H groups in total. The van der Waals surface area contributed by atoms with Gasteiger partial charge in [0.05, 0.1) is 0 Å². The smallest absolute Gasteiger partial charge is 0.251 e. The second kappa shape index (κ2) is 8.49. The quantitative estimate of drug-likeness (QED) is 0.746. The van der Waals surface area contributed by atoms with Gasteiger partial charge in [-0.05, 0) is 48.5 Å². The summed E-state index contributed by atoms with van der Waals surface area (Å²) >= 11 is 3.33. The Morgan fingerprint density at radius 3 is 1.67 bits per heavy atom. The first-order valence-electron chi connectivity index (χ1n) is 7.57. The molecule has 2 amide bonds. The summed E-state index contributed by atoms with van der Waals surface area (Å²) in [5.74, 6) is -0.315. The molecule has 2 aromatic carbocycles. The molecule has 2 rings (SSSR count). The summed E-state index contributed by atoms with van der Waals surface area (Å²) in [6.45, 7) is 0.743. The molecule has 0 aliphatic carbocycles. The van der Waals surface area contributed by atoms with Crippen LogP contribution in [0.15, 0.2) is 53.0 Å². The van der Waals surface area contributed by atoms with E-state index in [0.717, 1.165) is 10.2 Å². The Balaban J connectivity index is 1.76. The fourth-order valence-electron chi connectivity index (χ4n) is 2.07. The molecule has 0 heterocycles. The fraction of sp³-hybridized carbons (Fsp3) is 0.222. The van der Waals surface area contributed by atoms with E-state index in [-0.39, 0.29) is 11.8 Å². The van der Waals surface area contributed by atoms with Gasteiger partial charge in [0.15, 0.2) is 0 Å². The van der Waals surface area contributed by atoms with E-state index in [1.165, 1.54) is 0 Å². The monoisotopic (exact) mass is 389 g/mol. The number of hydrogen-bond acceptors (Lipinski definition) is 3. The van der Waals surface area contributed by atoms with Gasteiger partial charge >= 0.3 is 0 Å². The predicted octanol–water partition coefficient (Wildman–Crippen LogP) is 2.67. The Morgan fingerprint density at radius 1 is 0.833 bits per heavy atom. The molecular weight excluding hydrogens is 370 g/mol. The first kappa shape index (κ1) is 18.0. The van der Waals surface area contributed by atoms with E-state index < -0.39 is 0 Å². The van der Waals surface area contributed by atoms with E-state index in [4.69, 9.17) is 0 Å². The van der Waals surface area contributed by atoms with Gasteiger partial charge in [0, 0.05) is 48.5 Å². The number of benzene rings is 2. The number of carbonyl (C=O) groups excluding carboxylic acids is 2. The fourth-order valence-corrected chi connectivity index (χ4v) is 2.33. The van der Waals surface area contributed by atoms with E-state index in [9.17, 15) is 9.59 Å². The van der Waals surface area contributed by atoms with Crippen LogP contribution in [-0.2, 0) is 0 Å². The van der Waals surface area contributed by atoms with Gasteiger partial charge < -0.3 is 15.5 Å². The average Bonchev–Trinajstić information content (AvgIpc) is 2.59. The molecule has 0 aliphatic heterocycles. The summed E-state index contributed by atoms with van der Waals surface area (Å²) in [5.41, 5.74) is 2.22. The van der Waals surface area contributed by atoms with Crippen molar-refractivity contribution < 1.29 is 9.59 Å². The van der Waals surface area contributed by atoms with E-state index in [2.05, 4.69) is 26.6 Å². The molecule has 6 heteroatoms. The predicted molar refractivity (Wildman–Crippen MR) is 99.6 cm³/mol. The van der Waals surface area contributed by atoms with Gasteiger partial charge in [-0.2, -0.15) is 0 Å². The highest BCUT2D eigenvalue weighted by Gasteiger charge is 2.07. The zero-order valence-corrected chi connectivity index (χ0v) is 15.3. The number of halogens is 1. The largest absolute Gasteiger partial charge is 0.378 e. The Bertz CT molecular complexity index is 697. The van der Waals surface area contributed by atoms with Crippen LogP contribution < -0.4 is 15.5 Å². The third-order valence-corrected chi connectivity index (χ3v) is 3.98. The van der Waals surface area contributed by atoms with Crippen LogP contribution in [0.2, 0.25) is 0 Å². The van der Waals surface area contributed by atoms with Gasteiger partial charge in [0.1, 0.15) is 0 Å². The van der Waals surface area contributed by atoms with Crippen LogP contribution in [0.3, 0.4) is 0 Å². The van der Waals surface area contributed by atoms with Crippen LogP contribution in [0.5, 0.6) is 0 Å². The first-order chi connectivity index (χ1) is 11.5. The number of amides is 2. The maximum atomic E-state index is 12.0. The molecule has 0 saturated heterocycles. The molecule has 0 aliphatic rings. The lowest BCUT2D eigenvalue weighted by Crippen LogP contribution is -2.34. The van der Waals surface area contributed by atoms with Gasteiger partial charge in [0.25, 0.3) is 11.8 Å². The van der Waals surface area contributed by atoms with Gasteiger partial charge in [-0.25, -0.2) is 0 Å². The lowest BCUT2D eigenvalue weighted by atomic mass is 10.2. The highest BCUT2D eigenvalue weighted by molar-refractivity contribution is 9.10. The third kappa shape index (κ3) is 5.09. The van der Waals surface area contributed by atoms with Crippen molar-refractivity contribution in [2.24, 2.45) is 0 Å². The zero-order chi connectivity index (χ0) is 17.5. The Labute approximate surface area is 150 Å². The molecule has 2 aromatic rings. The molecule has 0 radical (unpaired) electrons. The molecule has 0 aromatic heterocycles. The SMILES string of the molecule is CN(C)c1ccc(C(=O)NCCNC(=O)c2ccc(Br)cc2)cc1. The van der Waals surface area contributed by atoms with Crippen LogP contribution in [0.1, 0.15) is 20.7 Å². The molecule has 0 saturated carbocycles. The summed E-state index contributed by atoms with van der Waals surface area (Å²) in [4.78, 5) is 25.9. The van der Waals surface area contributed by atoms with E-state index >= 15 is 0 Å². The minimum atomic E-state index is -0.160. The first-order valence-corrected chi connectivity index (χ1v) is 8.36. The van der Waals surface area contributed by atoms with E-state index in [1.54, 1.807) is 24.3 Å². The molecule has 0 spiro atoms. The topological polar surface area (TPSA) is 61.4 Å². The molecule has 126 valence electrons. The number of hydrogen-bond donors (Lipinski definition) is 2. The van der Waals surface area contributed by atoms with Crippen molar-refractivity contribution in [3.05, 3.63) is 64.1 Å². The maximum Gasteiger partial charge on any atom is 0.251 e. The summed E-state index contributed by atoms with van der Waals surface area (Å²) in [6, 6.07) is 14.5. The van der Waals surface area contributed by atoms with E-state index in [0.29, 0.717) is 24.2 Å². The van der Waals surface area contributed by atoms with Crippen LogP contribution in [0, 0.1) is 0 Å². The summed E-state index contributed by atoms with van der Waals surface area (Å²) in [6.07, 6.45) is 0. The highest BCUT2D eigenvalue weighted by Crippen LogP contribution is 2.12. The second-order valence-electron chi connectivity index (χ2n) is 5.46. The van der Waals surface area contributed by atoms with Gasteiger partial charge in [-0.1, -0.05) is 15.9 Å². The minimum Gasteiger partial charge on any atom is -0.378 e. The van der Waals surface area contributed by atoms with Crippen LogP contribution >= 0.6 is 15.9 Å². The van der Waals surface area contributed by atoms with Crippen molar-refractivity contribution in [2.45, 2.75) is 0 Å². The molecule has 5 nitrogen and oxygen atoms in total. The normalized spacial score (nSPS) is 10.1. The molecule has 0 bridgehead atoms. The Kier molecular flexibility index (Phi) is 6.37. The van der Waals surface area contributed by atoms with E-state index in [1.807, 2.05) is 43.3 Å². The van der Waals surface area contributed by atoms with Gasteiger partial charge in [0.2, 0.25) is 0 Å². The number of carbonyl (C=O) groups is 2. The maximum absolute atomic E-state index is 12.0. The molecule has 24 heavy (non-hydrogen) atoms. The van der Waals surface area contributed by atoms with Crippen molar-refractivity contribution in [1.29, 1.82) is 0 Å². The van der Waals surface area contributed by atoms with Gasteiger partial charge in [-0.15, -0.1) is 0 Å². The molecule has 0 fully saturated rings. The molecule has 0 atom stereocenters. The van der Waals surface area contributed by atoms with Crippen molar-refractivity contribution in [3.63, 3.8) is 0 Å². The summed E-state index contributed by atoms with van der Waals surface area (Å²) in [7, 11) is 3.90. The standard InChI is InChI=1S/C18H20BrN3O2/c1-22(2)16-9-5-14(6-10-16)18(24)21-12-11-20-17(23)13-3-7-15(19)8-4-13/h3-10H,11-12H2,1-2H3,(H,20,23)(H,21,24). The lowest BCUT2D eigenvalue weighted by Gasteiger charge is -2.12. The van der Waals surface area contributed by atoms with Crippen LogP contribution in [0.25, 0.3) is 0 Å². The number of nitrogens with zero attached hydrogens (tertiary/aromatic N) is 1. The highest BCUT2D eigenvalue weighted by atomic mass is 79.9. The average molecular weight is 390 g/mol.